The number of aromatic nitrogens is 2. The van der Waals surface area contributed by atoms with Gasteiger partial charge in [0.05, 0.1) is 12.1 Å². The normalized spacial score (nSPS) is 16.6. The number of likely N-dealkylation sites (tertiary alicyclic amines) is 1. The number of piperidine rings is 1. The number of methoxy groups -OCH3 is 1. The number of hydrogen-bond donors (Lipinski definition) is 1. The maximum absolute atomic E-state index is 12.8. The largest absolute Gasteiger partial charge is 0.383 e. The van der Waals surface area contributed by atoms with Gasteiger partial charge in [0.1, 0.15) is 5.82 Å². The van der Waals surface area contributed by atoms with Gasteiger partial charge in [-0.15, -0.1) is 0 Å². The van der Waals surface area contributed by atoms with Crippen molar-refractivity contribution in [2.45, 2.75) is 38.6 Å². The zero-order chi connectivity index (χ0) is 17.8. The van der Waals surface area contributed by atoms with E-state index in [-0.39, 0.29) is 17.9 Å². The molecular weight excluding hydrogens is 316 g/mol. The smallest absolute Gasteiger partial charge is 0.272 e. The third-order valence-electron chi connectivity index (χ3n) is 4.84. The lowest BCUT2D eigenvalue weighted by Gasteiger charge is -2.31. The predicted molar refractivity (Wildman–Crippen MR) is 98.1 cm³/mol. The molecule has 2 aromatic rings. The fourth-order valence-corrected chi connectivity index (χ4v) is 3.41. The minimum Gasteiger partial charge on any atom is -0.383 e. The van der Waals surface area contributed by atoms with E-state index in [2.05, 4.69) is 29.0 Å². The highest BCUT2D eigenvalue weighted by Gasteiger charge is 2.24. The summed E-state index contributed by atoms with van der Waals surface area (Å²) >= 11 is 0. The van der Waals surface area contributed by atoms with E-state index in [1.807, 2.05) is 28.8 Å². The molecule has 0 atom stereocenters. The summed E-state index contributed by atoms with van der Waals surface area (Å²) in [5.74, 6) is 1.13. The van der Waals surface area contributed by atoms with Gasteiger partial charge >= 0.3 is 0 Å². The van der Waals surface area contributed by atoms with Crippen LogP contribution in [0.25, 0.3) is 5.52 Å². The third kappa shape index (κ3) is 4.02. The fraction of sp³-hybridized carbons (Fsp3) is 0.579. The van der Waals surface area contributed by atoms with Crippen LogP contribution in [0.1, 0.15) is 48.9 Å². The second-order valence-electron chi connectivity index (χ2n) is 7.01. The van der Waals surface area contributed by atoms with Gasteiger partial charge in [0, 0.05) is 44.9 Å². The number of fused-ring (bicyclic) bond motifs is 1. The highest BCUT2D eigenvalue weighted by molar-refractivity contribution is 5.99. The lowest BCUT2D eigenvalue weighted by Crippen LogP contribution is -2.45. The van der Waals surface area contributed by atoms with Gasteiger partial charge in [0.25, 0.3) is 5.91 Å². The number of nitrogens with one attached hydrogen (secondary N) is 1. The first kappa shape index (κ1) is 17.9. The molecule has 0 unspecified atom stereocenters. The van der Waals surface area contributed by atoms with E-state index in [4.69, 9.17) is 4.74 Å². The van der Waals surface area contributed by atoms with Crippen molar-refractivity contribution in [3.8, 4) is 0 Å². The number of hydrogen-bond acceptors (Lipinski definition) is 4. The Labute approximate surface area is 149 Å². The molecule has 136 valence electrons. The summed E-state index contributed by atoms with van der Waals surface area (Å²) in [7, 11) is 1.73. The zero-order valence-corrected chi connectivity index (χ0v) is 15.4. The summed E-state index contributed by atoms with van der Waals surface area (Å²) in [4.78, 5) is 19.8. The molecule has 0 aliphatic carbocycles. The Hall–Kier alpha value is -1.92. The van der Waals surface area contributed by atoms with Crippen LogP contribution in [0.5, 0.6) is 0 Å². The first-order valence-electron chi connectivity index (χ1n) is 9.09. The van der Waals surface area contributed by atoms with Crippen LogP contribution in [0, 0.1) is 0 Å². The van der Waals surface area contributed by atoms with Crippen molar-refractivity contribution in [2.75, 3.05) is 33.4 Å². The van der Waals surface area contributed by atoms with Crippen molar-refractivity contribution in [3.63, 3.8) is 0 Å². The van der Waals surface area contributed by atoms with Crippen LogP contribution in [-0.2, 0) is 4.74 Å². The summed E-state index contributed by atoms with van der Waals surface area (Å²) < 4.78 is 7.16. The Kier molecular flexibility index (Phi) is 5.71. The topological polar surface area (TPSA) is 58.9 Å². The summed E-state index contributed by atoms with van der Waals surface area (Å²) in [6.07, 6.45) is 3.92. The first-order valence-corrected chi connectivity index (χ1v) is 9.09. The third-order valence-corrected chi connectivity index (χ3v) is 4.84. The van der Waals surface area contributed by atoms with Crippen LogP contribution in [0.15, 0.2) is 24.4 Å². The monoisotopic (exact) mass is 344 g/mol. The molecule has 2 aromatic heterocycles. The van der Waals surface area contributed by atoms with E-state index < -0.39 is 0 Å². The fourth-order valence-electron chi connectivity index (χ4n) is 3.41. The van der Waals surface area contributed by atoms with Crippen molar-refractivity contribution in [1.29, 1.82) is 0 Å². The molecule has 6 heteroatoms. The Bertz CT molecular complexity index is 717. The van der Waals surface area contributed by atoms with Crippen molar-refractivity contribution in [2.24, 2.45) is 0 Å². The molecule has 1 amide bonds. The Morgan fingerprint density at radius 3 is 2.80 bits per heavy atom. The molecule has 0 saturated carbocycles. The van der Waals surface area contributed by atoms with Crippen LogP contribution in [-0.4, -0.2) is 59.6 Å². The molecule has 1 aliphatic rings. The van der Waals surface area contributed by atoms with Gasteiger partial charge in [0.2, 0.25) is 0 Å². The standard InChI is InChI=1S/C19H28N4O2/c1-14(2)18-21-17(16-6-4-5-9-23(16)18)19(24)20-15-7-10-22(11-8-15)12-13-25-3/h4-6,9,14-15H,7-8,10-13H2,1-3H3,(H,20,24). The summed E-state index contributed by atoms with van der Waals surface area (Å²) in [5, 5.41) is 3.18. The van der Waals surface area contributed by atoms with Crippen LogP contribution < -0.4 is 5.32 Å². The van der Waals surface area contributed by atoms with Crippen LogP contribution in [0.2, 0.25) is 0 Å². The van der Waals surface area contributed by atoms with Crippen molar-refractivity contribution in [1.82, 2.24) is 19.6 Å². The van der Waals surface area contributed by atoms with Gasteiger partial charge in [-0.25, -0.2) is 4.98 Å². The molecule has 3 rings (SSSR count). The number of ether oxygens (including phenoxy) is 1. The Morgan fingerprint density at radius 2 is 2.12 bits per heavy atom. The molecule has 0 bridgehead atoms. The molecule has 25 heavy (non-hydrogen) atoms. The van der Waals surface area contributed by atoms with Gasteiger partial charge in [0.15, 0.2) is 5.69 Å². The van der Waals surface area contributed by atoms with E-state index in [1.165, 1.54) is 0 Å². The van der Waals surface area contributed by atoms with Crippen LogP contribution in [0.3, 0.4) is 0 Å². The average molecular weight is 344 g/mol. The van der Waals surface area contributed by atoms with E-state index >= 15 is 0 Å². The van der Waals surface area contributed by atoms with Crippen LogP contribution in [0.4, 0.5) is 0 Å². The van der Waals surface area contributed by atoms with E-state index in [0.717, 1.165) is 50.4 Å². The van der Waals surface area contributed by atoms with Gasteiger partial charge in [-0.3, -0.25) is 4.79 Å². The lowest BCUT2D eigenvalue weighted by molar-refractivity contribution is 0.0890. The molecule has 1 N–H and O–H groups in total. The average Bonchev–Trinajstić information content (AvgIpc) is 3.01. The zero-order valence-electron chi connectivity index (χ0n) is 15.4. The molecule has 1 fully saturated rings. The number of pyridine rings is 1. The maximum atomic E-state index is 12.8. The Balaban J connectivity index is 1.67. The highest BCUT2D eigenvalue weighted by atomic mass is 16.5. The number of nitrogens with zero attached hydrogens (tertiary/aromatic N) is 3. The van der Waals surface area contributed by atoms with E-state index in [9.17, 15) is 4.79 Å². The molecule has 3 heterocycles. The van der Waals surface area contributed by atoms with Crippen molar-refractivity contribution < 1.29 is 9.53 Å². The van der Waals surface area contributed by atoms with Crippen LogP contribution >= 0.6 is 0 Å². The van der Waals surface area contributed by atoms with Gasteiger partial charge in [-0.1, -0.05) is 19.9 Å². The SMILES string of the molecule is COCCN1CCC(NC(=O)c2nc(C(C)C)n3ccccc23)CC1. The predicted octanol–water partition coefficient (Wildman–Crippen LogP) is 2.30. The van der Waals surface area contributed by atoms with Crippen molar-refractivity contribution in [3.05, 3.63) is 35.9 Å². The van der Waals surface area contributed by atoms with Gasteiger partial charge < -0.3 is 19.4 Å². The first-order chi connectivity index (χ1) is 12.1. The molecule has 0 aromatic carbocycles. The minimum atomic E-state index is -0.0639. The van der Waals surface area contributed by atoms with E-state index in [0.29, 0.717) is 5.69 Å². The van der Waals surface area contributed by atoms with Gasteiger partial charge in [-0.05, 0) is 25.0 Å². The highest BCUT2D eigenvalue weighted by Crippen LogP contribution is 2.20. The summed E-state index contributed by atoms with van der Waals surface area (Å²) in [6.45, 7) is 7.90. The molecule has 0 spiro atoms. The number of rotatable bonds is 6. The lowest BCUT2D eigenvalue weighted by atomic mass is 10.0. The van der Waals surface area contributed by atoms with Crippen molar-refractivity contribution >= 4 is 11.4 Å². The maximum Gasteiger partial charge on any atom is 0.272 e. The number of carbonyl (C=O) groups is 1. The van der Waals surface area contributed by atoms with Gasteiger partial charge in [-0.2, -0.15) is 0 Å². The molecule has 6 nitrogen and oxygen atoms in total. The molecular formula is C19H28N4O2. The molecule has 0 radical (unpaired) electrons. The Morgan fingerprint density at radius 1 is 1.36 bits per heavy atom. The second-order valence-corrected chi connectivity index (χ2v) is 7.01. The summed E-state index contributed by atoms with van der Waals surface area (Å²) in [6, 6.07) is 6.10. The molecule has 1 aliphatic heterocycles. The van der Waals surface area contributed by atoms with E-state index in [1.54, 1.807) is 7.11 Å². The second kappa shape index (κ2) is 7.97. The number of amides is 1. The quantitative estimate of drug-likeness (QED) is 0.873. The minimum absolute atomic E-state index is 0.0639. The number of carbonyl (C=O) groups excluding carboxylic acids is 1. The summed E-state index contributed by atoms with van der Waals surface area (Å²) in [5.41, 5.74) is 1.41. The molecule has 1 saturated heterocycles. The number of imidazole rings is 1.